The molecular formula is C20H26N2O4S. The topological polar surface area (TPSA) is 84.5 Å². The summed E-state index contributed by atoms with van der Waals surface area (Å²) in [5.41, 5.74) is 1.64. The van der Waals surface area contributed by atoms with Gasteiger partial charge >= 0.3 is 0 Å². The summed E-state index contributed by atoms with van der Waals surface area (Å²) < 4.78 is 33.0. The van der Waals surface area contributed by atoms with Crippen LogP contribution >= 0.6 is 0 Å². The van der Waals surface area contributed by atoms with Gasteiger partial charge in [-0.1, -0.05) is 39.0 Å². The molecule has 1 amide bonds. The number of sulfonamides is 1. The number of ether oxygens (including phenoxy) is 1. The Labute approximate surface area is 161 Å². The van der Waals surface area contributed by atoms with E-state index in [0.29, 0.717) is 24.4 Å². The molecule has 0 aliphatic heterocycles. The zero-order chi connectivity index (χ0) is 20.1. The van der Waals surface area contributed by atoms with Crippen molar-refractivity contribution in [1.82, 2.24) is 5.32 Å². The van der Waals surface area contributed by atoms with Gasteiger partial charge in [0.25, 0.3) is 15.9 Å². The zero-order valence-corrected chi connectivity index (χ0v) is 16.9. The molecule has 2 N–H and O–H groups in total. The molecule has 2 aromatic carbocycles. The third kappa shape index (κ3) is 5.55. The normalized spacial score (nSPS) is 11.9. The van der Waals surface area contributed by atoms with Crippen molar-refractivity contribution in [2.75, 3.05) is 25.0 Å². The quantitative estimate of drug-likeness (QED) is 0.711. The summed E-state index contributed by atoms with van der Waals surface area (Å²) in [5, 5.41) is 2.69. The predicted molar refractivity (Wildman–Crippen MR) is 107 cm³/mol. The first kappa shape index (κ1) is 20.9. The molecule has 2 aromatic rings. The first-order chi connectivity index (χ1) is 12.6. The van der Waals surface area contributed by atoms with E-state index in [1.54, 1.807) is 19.2 Å². The minimum absolute atomic E-state index is 0.0969. The lowest BCUT2D eigenvalue weighted by Crippen LogP contribution is -2.27. The fourth-order valence-electron chi connectivity index (χ4n) is 2.58. The Balaban J connectivity index is 2.20. The van der Waals surface area contributed by atoms with Crippen LogP contribution < -0.4 is 10.0 Å². The van der Waals surface area contributed by atoms with E-state index in [-0.39, 0.29) is 16.2 Å². The SMILES string of the molecule is COCCNC(=O)c1ccc(S(=O)(=O)Nc2ccccc2C(C)(C)C)cc1. The predicted octanol–water partition coefficient (Wildman–Crippen LogP) is 3.16. The lowest BCUT2D eigenvalue weighted by molar-refractivity contribution is 0.0937. The van der Waals surface area contributed by atoms with Gasteiger partial charge in [0, 0.05) is 19.2 Å². The van der Waals surface area contributed by atoms with E-state index in [1.807, 2.05) is 32.9 Å². The summed E-state index contributed by atoms with van der Waals surface area (Å²) in [7, 11) is -2.21. The Kier molecular flexibility index (Phi) is 6.62. The average molecular weight is 391 g/mol. The lowest BCUT2D eigenvalue weighted by Gasteiger charge is -2.23. The summed E-state index contributed by atoms with van der Waals surface area (Å²) in [6.07, 6.45) is 0. The zero-order valence-electron chi connectivity index (χ0n) is 16.1. The smallest absolute Gasteiger partial charge is 0.261 e. The van der Waals surface area contributed by atoms with E-state index < -0.39 is 10.0 Å². The highest BCUT2D eigenvalue weighted by atomic mass is 32.2. The van der Waals surface area contributed by atoms with Gasteiger partial charge in [-0.15, -0.1) is 0 Å². The lowest BCUT2D eigenvalue weighted by atomic mass is 9.86. The Morgan fingerprint density at radius 3 is 2.26 bits per heavy atom. The monoisotopic (exact) mass is 390 g/mol. The highest BCUT2D eigenvalue weighted by molar-refractivity contribution is 7.92. The Morgan fingerprint density at radius 2 is 1.67 bits per heavy atom. The highest BCUT2D eigenvalue weighted by Gasteiger charge is 2.21. The third-order valence-electron chi connectivity index (χ3n) is 4.00. The fourth-order valence-corrected chi connectivity index (χ4v) is 3.66. The second kappa shape index (κ2) is 8.54. The molecule has 0 aromatic heterocycles. The Morgan fingerprint density at radius 1 is 1.04 bits per heavy atom. The largest absolute Gasteiger partial charge is 0.383 e. The van der Waals surface area contributed by atoms with E-state index >= 15 is 0 Å². The van der Waals surface area contributed by atoms with Crippen molar-refractivity contribution >= 4 is 21.6 Å². The number of methoxy groups -OCH3 is 1. The molecule has 0 radical (unpaired) electrons. The van der Waals surface area contributed by atoms with Crippen LogP contribution in [0.2, 0.25) is 0 Å². The second-order valence-electron chi connectivity index (χ2n) is 7.17. The molecule has 0 bridgehead atoms. The molecule has 0 aliphatic rings. The van der Waals surface area contributed by atoms with Gasteiger partial charge in [-0.25, -0.2) is 8.42 Å². The van der Waals surface area contributed by atoms with Crippen molar-refractivity contribution < 1.29 is 17.9 Å². The van der Waals surface area contributed by atoms with Crippen molar-refractivity contribution in [3.8, 4) is 0 Å². The van der Waals surface area contributed by atoms with Crippen LogP contribution in [0.3, 0.4) is 0 Å². The van der Waals surface area contributed by atoms with Crippen LogP contribution in [0, 0.1) is 0 Å². The molecule has 146 valence electrons. The fraction of sp³-hybridized carbons (Fsp3) is 0.350. The Bertz CT molecular complexity index is 885. The molecule has 7 heteroatoms. The first-order valence-corrected chi connectivity index (χ1v) is 10.1. The Hall–Kier alpha value is -2.38. The maximum atomic E-state index is 12.7. The number of hydrogen-bond donors (Lipinski definition) is 2. The van der Waals surface area contributed by atoms with E-state index in [1.165, 1.54) is 24.3 Å². The maximum absolute atomic E-state index is 12.7. The number of rotatable bonds is 7. The molecule has 27 heavy (non-hydrogen) atoms. The molecule has 0 spiro atoms. The number of para-hydroxylation sites is 1. The molecule has 6 nitrogen and oxygen atoms in total. The number of hydrogen-bond acceptors (Lipinski definition) is 4. The summed E-state index contributed by atoms with van der Waals surface area (Å²) in [4.78, 5) is 12.1. The number of nitrogens with one attached hydrogen (secondary N) is 2. The van der Waals surface area contributed by atoms with Crippen LogP contribution in [0.4, 0.5) is 5.69 Å². The number of benzene rings is 2. The second-order valence-corrected chi connectivity index (χ2v) is 8.86. The van der Waals surface area contributed by atoms with Crippen LogP contribution in [0.1, 0.15) is 36.7 Å². The van der Waals surface area contributed by atoms with Gasteiger partial charge in [0.1, 0.15) is 0 Å². The summed E-state index contributed by atoms with van der Waals surface area (Å²) in [5.74, 6) is -0.276. The van der Waals surface area contributed by atoms with E-state index in [4.69, 9.17) is 4.74 Å². The maximum Gasteiger partial charge on any atom is 0.261 e. The molecular weight excluding hydrogens is 364 g/mol. The van der Waals surface area contributed by atoms with Crippen LogP contribution in [-0.2, 0) is 20.2 Å². The third-order valence-corrected chi connectivity index (χ3v) is 5.38. The van der Waals surface area contributed by atoms with Crippen LogP contribution in [0.25, 0.3) is 0 Å². The van der Waals surface area contributed by atoms with Gasteiger partial charge < -0.3 is 10.1 Å². The highest BCUT2D eigenvalue weighted by Crippen LogP contribution is 2.30. The summed E-state index contributed by atoms with van der Waals surface area (Å²) in [6, 6.07) is 13.2. The average Bonchev–Trinajstić information content (AvgIpc) is 2.61. The molecule has 0 unspecified atom stereocenters. The van der Waals surface area contributed by atoms with Gasteiger partial charge in [-0.05, 0) is 41.3 Å². The van der Waals surface area contributed by atoms with Crippen LogP contribution in [0.15, 0.2) is 53.4 Å². The van der Waals surface area contributed by atoms with E-state index in [9.17, 15) is 13.2 Å². The molecule has 0 saturated heterocycles. The van der Waals surface area contributed by atoms with E-state index in [0.717, 1.165) is 5.56 Å². The molecule has 0 heterocycles. The van der Waals surface area contributed by atoms with Crippen molar-refractivity contribution in [3.63, 3.8) is 0 Å². The van der Waals surface area contributed by atoms with Crippen molar-refractivity contribution in [2.24, 2.45) is 0 Å². The summed E-state index contributed by atoms with van der Waals surface area (Å²) >= 11 is 0. The standard InChI is InChI=1S/C20H26N2O4S/c1-20(2,3)17-7-5-6-8-18(17)22-27(24,25)16-11-9-15(10-12-16)19(23)21-13-14-26-4/h5-12,22H,13-14H2,1-4H3,(H,21,23). The van der Waals surface area contributed by atoms with E-state index in [2.05, 4.69) is 10.0 Å². The molecule has 0 aliphatic carbocycles. The van der Waals surface area contributed by atoms with Gasteiger partial charge in [-0.2, -0.15) is 0 Å². The van der Waals surface area contributed by atoms with Crippen molar-refractivity contribution in [1.29, 1.82) is 0 Å². The van der Waals surface area contributed by atoms with Gasteiger partial charge in [0.15, 0.2) is 0 Å². The number of carbonyl (C=O) groups is 1. The summed E-state index contributed by atoms with van der Waals surface area (Å²) in [6.45, 7) is 6.88. The number of anilines is 1. The van der Waals surface area contributed by atoms with Gasteiger partial charge in [0.05, 0.1) is 17.2 Å². The molecule has 0 saturated carbocycles. The van der Waals surface area contributed by atoms with Crippen molar-refractivity contribution in [2.45, 2.75) is 31.1 Å². The number of amides is 1. The van der Waals surface area contributed by atoms with Crippen LogP contribution in [-0.4, -0.2) is 34.6 Å². The molecule has 0 fully saturated rings. The number of carbonyl (C=O) groups excluding carboxylic acids is 1. The first-order valence-electron chi connectivity index (χ1n) is 8.64. The minimum atomic E-state index is -3.76. The molecule has 0 atom stereocenters. The minimum Gasteiger partial charge on any atom is -0.383 e. The van der Waals surface area contributed by atoms with Crippen LogP contribution in [0.5, 0.6) is 0 Å². The van der Waals surface area contributed by atoms with Crippen molar-refractivity contribution in [3.05, 3.63) is 59.7 Å². The molecule has 2 rings (SSSR count). The van der Waals surface area contributed by atoms with Gasteiger partial charge in [-0.3, -0.25) is 9.52 Å². The van der Waals surface area contributed by atoms with Gasteiger partial charge in [0.2, 0.25) is 0 Å².